The van der Waals surface area contributed by atoms with Gasteiger partial charge in [0.1, 0.15) is 16.3 Å². The van der Waals surface area contributed by atoms with Crippen LogP contribution in [0.3, 0.4) is 0 Å². The van der Waals surface area contributed by atoms with Gasteiger partial charge in [0.05, 0.1) is 20.8 Å². The van der Waals surface area contributed by atoms with Gasteiger partial charge in [0.15, 0.2) is 18.1 Å². The first-order chi connectivity index (χ1) is 15.9. The van der Waals surface area contributed by atoms with Gasteiger partial charge in [-0.1, -0.05) is 12.1 Å². The number of aryl methyl sites for hydroxylation is 2. The smallest absolute Gasteiger partial charge is 0.341 e. The third-order valence-electron chi connectivity index (χ3n) is 4.78. The molecule has 0 bridgehead atoms. The number of benzene rings is 2. The van der Waals surface area contributed by atoms with E-state index < -0.39 is 5.97 Å². The van der Waals surface area contributed by atoms with Gasteiger partial charge in [0.2, 0.25) is 0 Å². The first-order valence-electron chi connectivity index (χ1n) is 10.4. The zero-order valence-electron chi connectivity index (χ0n) is 19.3. The Morgan fingerprint density at radius 1 is 0.970 bits per heavy atom. The molecule has 0 saturated heterocycles. The lowest BCUT2D eigenvalue weighted by Crippen LogP contribution is -2.21. The minimum Gasteiger partial charge on any atom is -0.493 e. The number of esters is 1. The second-order valence-corrected chi connectivity index (χ2v) is 8.18. The van der Waals surface area contributed by atoms with E-state index in [1.54, 1.807) is 38.7 Å². The van der Waals surface area contributed by atoms with E-state index in [9.17, 15) is 9.59 Å². The fourth-order valence-corrected chi connectivity index (χ4v) is 4.37. The summed E-state index contributed by atoms with van der Waals surface area (Å²) in [6.45, 7) is 5.69. The molecule has 2 aromatic carbocycles. The molecule has 1 N–H and O–H groups in total. The second-order valence-electron chi connectivity index (χ2n) is 7.30. The summed E-state index contributed by atoms with van der Waals surface area (Å²) >= 11 is 1.24. The van der Waals surface area contributed by atoms with Crippen LogP contribution < -0.4 is 19.5 Å². The van der Waals surface area contributed by atoms with Gasteiger partial charge in [-0.15, -0.1) is 11.3 Å². The highest BCUT2D eigenvalue weighted by molar-refractivity contribution is 7.15. The fraction of sp³-hybridized carbons (Fsp3) is 0.280. The summed E-state index contributed by atoms with van der Waals surface area (Å²) in [6, 6.07) is 11.1. The number of thiophene rings is 1. The standard InChI is InChI=1S/C25H27NO6S/c1-6-31-25(28)23-19(17-7-8-20(29-4)21(12-17)30-5)14-33-24(23)26-22(27)13-32-18-10-15(2)9-16(3)11-18/h7-12,14H,6,13H2,1-5H3,(H,26,27). The second kappa shape index (κ2) is 10.9. The van der Waals surface area contributed by atoms with Crippen molar-refractivity contribution in [1.82, 2.24) is 0 Å². The molecule has 0 unspecified atom stereocenters. The maximum absolute atomic E-state index is 12.8. The van der Waals surface area contributed by atoms with Gasteiger partial charge < -0.3 is 24.3 Å². The molecule has 1 aromatic heterocycles. The topological polar surface area (TPSA) is 83.1 Å². The van der Waals surface area contributed by atoms with Crippen LogP contribution in [-0.2, 0) is 9.53 Å². The van der Waals surface area contributed by atoms with Crippen LogP contribution in [-0.4, -0.2) is 39.3 Å². The average molecular weight is 470 g/mol. The van der Waals surface area contributed by atoms with Crippen molar-refractivity contribution in [3.05, 3.63) is 58.5 Å². The van der Waals surface area contributed by atoms with E-state index in [4.69, 9.17) is 18.9 Å². The minimum atomic E-state index is -0.519. The van der Waals surface area contributed by atoms with Gasteiger partial charge in [0.25, 0.3) is 5.91 Å². The van der Waals surface area contributed by atoms with Crippen molar-refractivity contribution in [3.8, 4) is 28.4 Å². The highest BCUT2D eigenvalue weighted by Crippen LogP contribution is 2.39. The molecule has 3 rings (SSSR count). The van der Waals surface area contributed by atoms with Gasteiger partial charge in [-0.05, 0) is 61.7 Å². The van der Waals surface area contributed by atoms with E-state index in [-0.39, 0.29) is 24.7 Å². The number of ether oxygens (including phenoxy) is 4. The van der Waals surface area contributed by atoms with Crippen LogP contribution in [0.4, 0.5) is 5.00 Å². The number of carbonyl (C=O) groups excluding carboxylic acids is 2. The van der Waals surface area contributed by atoms with Crippen LogP contribution in [0, 0.1) is 13.8 Å². The molecule has 1 heterocycles. The van der Waals surface area contributed by atoms with Crippen molar-refractivity contribution in [2.75, 3.05) is 32.8 Å². The van der Waals surface area contributed by atoms with Crippen LogP contribution >= 0.6 is 11.3 Å². The molecule has 0 saturated carbocycles. The summed E-state index contributed by atoms with van der Waals surface area (Å²) in [5.74, 6) is 0.828. The van der Waals surface area contributed by atoms with E-state index in [1.165, 1.54) is 11.3 Å². The number of amides is 1. The largest absolute Gasteiger partial charge is 0.493 e. The van der Waals surface area contributed by atoms with Crippen molar-refractivity contribution in [2.45, 2.75) is 20.8 Å². The van der Waals surface area contributed by atoms with Crippen molar-refractivity contribution in [2.24, 2.45) is 0 Å². The molecule has 0 fully saturated rings. The Kier molecular flexibility index (Phi) is 7.95. The molecule has 8 heteroatoms. The van der Waals surface area contributed by atoms with E-state index >= 15 is 0 Å². The Balaban J connectivity index is 1.85. The number of anilines is 1. The SMILES string of the molecule is CCOC(=O)c1c(-c2ccc(OC)c(OC)c2)csc1NC(=O)COc1cc(C)cc(C)c1. The van der Waals surface area contributed by atoms with Crippen molar-refractivity contribution < 1.29 is 28.5 Å². The summed E-state index contributed by atoms with van der Waals surface area (Å²) in [5.41, 5.74) is 3.75. The lowest BCUT2D eigenvalue weighted by atomic mass is 10.0. The maximum atomic E-state index is 12.8. The lowest BCUT2D eigenvalue weighted by molar-refractivity contribution is -0.118. The van der Waals surface area contributed by atoms with E-state index in [0.29, 0.717) is 27.8 Å². The Bertz CT molecular complexity index is 1130. The zero-order chi connectivity index (χ0) is 24.0. The maximum Gasteiger partial charge on any atom is 0.341 e. The molecule has 0 atom stereocenters. The van der Waals surface area contributed by atoms with Crippen LogP contribution in [0.5, 0.6) is 17.2 Å². The normalized spacial score (nSPS) is 10.5. The number of hydrogen-bond acceptors (Lipinski definition) is 7. The summed E-state index contributed by atoms with van der Waals surface area (Å²) in [7, 11) is 3.10. The predicted octanol–water partition coefficient (Wildman–Crippen LogP) is 5.24. The third-order valence-corrected chi connectivity index (χ3v) is 5.68. The van der Waals surface area contributed by atoms with Gasteiger partial charge in [-0.25, -0.2) is 4.79 Å². The first-order valence-corrected chi connectivity index (χ1v) is 11.3. The van der Waals surface area contributed by atoms with Crippen LogP contribution in [0.1, 0.15) is 28.4 Å². The Morgan fingerprint density at radius 2 is 1.67 bits per heavy atom. The minimum absolute atomic E-state index is 0.186. The molecule has 0 aliphatic rings. The van der Waals surface area contributed by atoms with Gasteiger partial charge in [-0.2, -0.15) is 0 Å². The van der Waals surface area contributed by atoms with Gasteiger partial charge in [0, 0.05) is 10.9 Å². The Morgan fingerprint density at radius 3 is 2.30 bits per heavy atom. The molecule has 0 aliphatic carbocycles. The number of carbonyl (C=O) groups is 2. The molecular formula is C25H27NO6S. The number of methoxy groups -OCH3 is 2. The number of rotatable bonds is 9. The third kappa shape index (κ3) is 5.84. The highest BCUT2D eigenvalue weighted by atomic mass is 32.1. The van der Waals surface area contributed by atoms with Crippen molar-refractivity contribution in [1.29, 1.82) is 0 Å². The van der Waals surface area contributed by atoms with E-state index in [1.807, 2.05) is 38.1 Å². The van der Waals surface area contributed by atoms with Crippen LogP contribution in [0.25, 0.3) is 11.1 Å². The summed E-state index contributed by atoms with van der Waals surface area (Å²) in [4.78, 5) is 25.4. The van der Waals surface area contributed by atoms with Crippen LogP contribution in [0.2, 0.25) is 0 Å². The Hall–Kier alpha value is -3.52. The molecule has 1 amide bonds. The molecular weight excluding hydrogens is 442 g/mol. The Labute approximate surface area is 197 Å². The molecule has 0 radical (unpaired) electrons. The molecule has 33 heavy (non-hydrogen) atoms. The highest BCUT2D eigenvalue weighted by Gasteiger charge is 2.23. The van der Waals surface area contributed by atoms with Crippen molar-refractivity contribution in [3.63, 3.8) is 0 Å². The lowest BCUT2D eigenvalue weighted by Gasteiger charge is -2.12. The van der Waals surface area contributed by atoms with E-state index in [0.717, 1.165) is 16.7 Å². The van der Waals surface area contributed by atoms with Crippen LogP contribution in [0.15, 0.2) is 41.8 Å². The van der Waals surface area contributed by atoms with Gasteiger partial charge in [-0.3, -0.25) is 4.79 Å². The number of nitrogens with one attached hydrogen (secondary N) is 1. The quantitative estimate of drug-likeness (QED) is 0.432. The number of hydrogen-bond donors (Lipinski definition) is 1. The summed E-state index contributed by atoms with van der Waals surface area (Å²) in [6.07, 6.45) is 0. The molecule has 174 valence electrons. The molecule has 7 nitrogen and oxygen atoms in total. The van der Waals surface area contributed by atoms with Gasteiger partial charge >= 0.3 is 5.97 Å². The summed E-state index contributed by atoms with van der Waals surface area (Å²) < 4.78 is 21.6. The predicted molar refractivity (Wildman–Crippen MR) is 129 cm³/mol. The molecule has 0 aliphatic heterocycles. The fourth-order valence-electron chi connectivity index (χ4n) is 3.40. The summed E-state index contributed by atoms with van der Waals surface area (Å²) in [5, 5.41) is 4.98. The first kappa shape index (κ1) is 24.1. The van der Waals surface area contributed by atoms with Crippen molar-refractivity contribution >= 4 is 28.2 Å². The molecule has 3 aromatic rings. The average Bonchev–Trinajstić information content (AvgIpc) is 3.20. The van der Waals surface area contributed by atoms with E-state index in [2.05, 4.69) is 5.32 Å². The monoisotopic (exact) mass is 469 g/mol. The zero-order valence-corrected chi connectivity index (χ0v) is 20.1. The molecule has 0 spiro atoms.